The second-order valence-electron chi connectivity index (χ2n) is 9.86. The minimum atomic E-state index is -4.33. The van der Waals surface area contributed by atoms with Crippen molar-refractivity contribution in [3.63, 3.8) is 0 Å². The zero-order valence-corrected chi connectivity index (χ0v) is 22.6. The summed E-state index contributed by atoms with van der Waals surface area (Å²) in [5, 5.41) is 19.7. The van der Waals surface area contributed by atoms with Gasteiger partial charge in [0.25, 0.3) is 16.0 Å². The van der Waals surface area contributed by atoms with Crippen molar-refractivity contribution >= 4 is 21.7 Å². The van der Waals surface area contributed by atoms with Gasteiger partial charge in [-0.05, 0) is 32.1 Å². The van der Waals surface area contributed by atoms with E-state index in [1.807, 2.05) is 0 Å². The van der Waals surface area contributed by atoms with E-state index in [4.69, 9.17) is 4.55 Å². The SMILES string of the molecule is CCCCCCC/C=C/CCCCCCCCC(=O)C1=NCC[N+]1(CCO)CC(O)CS(=O)(=O)O. The maximum atomic E-state index is 12.9. The van der Waals surface area contributed by atoms with E-state index in [-0.39, 0.29) is 30.0 Å². The summed E-state index contributed by atoms with van der Waals surface area (Å²) in [6.45, 7) is 2.96. The Morgan fingerprint density at radius 1 is 1.00 bits per heavy atom. The molecule has 1 aliphatic heterocycles. The number of unbranched alkanes of at least 4 members (excludes halogenated alkanes) is 11. The van der Waals surface area contributed by atoms with Crippen molar-refractivity contribution in [3.05, 3.63) is 12.2 Å². The average molecular weight is 518 g/mol. The standard InChI is InChI=1S/C26H48N2O6S/c1-2-3-4-5-6-7-8-9-10-11-12-13-14-15-16-17-25(31)26-27-18-19-28(26,20-21-29)22-24(30)23-35(32,33)34/h8-9,24,29-30H,2-7,10-23H2,1H3/p+1/b9-8+. The molecule has 2 unspecified atom stereocenters. The Labute approximate surface area is 212 Å². The van der Waals surface area contributed by atoms with Gasteiger partial charge < -0.3 is 10.2 Å². The van der Waals surface area contributed by atoms with E-state index >= 15 is 0 Å². The van der Waals surface area contributed by atoms with E-state index in [9.17, 15) is 23.4 Å². The topological polar surface area (TPSA) is 124 Å². The molecular weight excluding hydrogens is 468 g/mol. The van der Waals surface area contributed by atoms with Gasteiger partial charge in [-0.1, -0.05) is 70.4 Å². The van der Waals surface area contributed by atoms with Gasteiger partial charge in [0, 0.05) is 6.42 Å². The molecule has 9 heteroatoms. The van der Waals surface area contributed by atoms with Crippen molar-refractivity contribution in [2.75, 3.05) is 38.5 Å². The molecule has 0 aromatic carbocycles. The number of carbonyl (C=O) groups is 1. The van der Waals surface area contributed by atoms with Gasteiger partial charge in [-0.3, -0.25) is 13.8 Å². The highest BCUT2D eigenvalue weighted by Crippen LogP contribution is 2.20. The van der Waals surface area contributed by atoms with Crippen molar-refractivity contribution in [2.45, 2.75) is 103 Å². The third kappa shape index (κ3) is 14.3. The first-order valence-electron chi connectivity index (χ1n) is 13.6. The third-order valence-corrected chi connectivity index (χ3v) is 7.45. The third-order valence-electron chi connectivity index (χ3n) is 6.65. The smallest absolute Gasteiger partial charge is 0.267 e. The van der Waals surface area contributed by atoms with Crippen LogP contribution in [0.4, 0.5) is 0 Å². The monoisotopic (exact) mass is 517 g/mol. The summed E-state index contributed by atoms with van der Waals surface area (Å²) < 4.78 is 31.2. The predicted octanol–water partition coefficient (Wildman–Crippen LogP) is 4.06. The molecule has 2 atom stereocenters. The molecule has 35 heavy (non-hydrogen) atoms. The minimum Gasteiger partial charge on any atom is -0.390 e. The zero-order chi connectivity index (χ0) is 26.0. The van der Waals surface area contributed by atoms with Crippen LogP contribution >= 0.6 is 0 Å². The van der Waals surface area contributed by atoms with Crippen LogP contribution in [0.15, 0.2) is 17.1 Å². The molecule has 3 N–H and O–H groups in total. The molecule has 0 aliphatic carbocycles. The van der Waals surface area contributed by atoms with Crippen LogP contribution in [-0.4, -0.2) is 83.9 Å². The van der Waals surface area contributed by atoms with Crippen molar-refractivity contribution in [1.82, 2.24) is 0 Å². The van der Waals surface area contributed by atoms with E-state index in [0.717, 1.165) is 32.1 Å². The number of rotatable bonds is 22. The van der Waals surface area contributed by atoms with E-state index in [0.29, 0.717) is 25.3 Å². The second kappa shape index (κ2) is 18.2. The number of amidine groups is 1. The van der Waals surface area contributed by atoms with Gasteiger partial charge in [0.2, 0.25) is 5.78 Å². The van der Waals surface area contributed by atoms with E-state index in [2.05, 4.69) is 24.1 Å². The first kappa shape index (κ1) is 31.9. The van der Waals surface area contributed by atoms with Gasteiger partial charge in [-0.2, -0.15) is 8.42 Å². The molecule has 0 aromatic heterocycles. The van der Waals surface area contributed by atoms with Crippen molar-refractivity contribution in [3.8, 4) is 0 Å². The van der Waals surface area contributed by atoms with Gasteiger partial charge in [-0.15, -0.1) is 0 Å². The van der Waals surface area contributed by atoms with Gasteiger partial charge in [-0.25, -0.2) is 4.99 Å². The number of aliphatic hydroxyl groups is 2. The lowest BCUT2D eigenvalue weighted by atomic mass is 10.1. The summed E-state index contributed by atoms with van der Waals surface area (Å²) >= 11 is 0. The summed E-state index contributed by atoms with van der Waals surface area (Å²) in [6.07, 6.45) is 19.0. The number of quaternary nitrogens is 1. The maximum absolute atomic E-state index is 12.9. The van der Waals surface area contributed by atoms with E-state index in [1.54, 1.807) is 0 Å². The molecule has 0 amide bonds. The normalized spacial score (nSPS) is 19.4. The van der Waals surface area contributed by atoms with Crippen LogP contribution in [0, 0.1) is 0 Å². The molecule has 1 heterocycles. The summed E-state index contributed by atoms with van der Waals surface area (Å²) in [4.78, 5) is 17.2. The van der Waals surface area contributed by atoms with Gasteiger partial charge in [0.1, 0.15) is 31.5 Å². The Balaban J connectivity index is 2.24. The summed E-state index contributed by atoms with van der Waals surface area (Å²) in [6, 6.07) is 0. The number of allylic oxidation sites excluding steroid dienone is 2. The van der Waals surface area contributed by atoms with E-state index in [1.165, 1.54) is 51.4 Å². The molecule has 8 nitrogen and oxygen atoms in total. The Morgan fingerprint density at radius 2 is 1.57 bits per heavy atom. The quantitative estimate of drug-likeness (QED) is 0.0861. The molecule has 0 saturated carbocycles. The highest BCUT2D eigenvalue weighted by atomic mass is 32.2. The van der Waals surface area contributed by atoms with Crippen LogP contribution in [0.1, 0.15) is 96.8 Å². The summed E-state index contributed by atoms with van der Waals surface area (Å²) in [5.74, 6) is -0.588. The van der Waals surface area contributed by atoms with E-state index < -0.39 is 22.0 Å². The molecule has 0 radical (unpaired) electrons. The van der Waals surface area contributed by atoms with Gasteiger partial charge >= 0.3 is 0 Å². The largest absolute Gasteiger partial charge is 0.390 e. The highest BCUT2D eigenvalue weighted by molar-refractivity contribution is 7.85. The highest BCUT2D eigenvalue weighted by Gasteiger charge is 2.43. The fourth-order valence-corrected chi connectivity index (χ4v) is 5.39. The molecular formula is C26H49N2O6S+. The molecule has 1 aliphatic rings. The Kier molecular flexibility index (Phi) is 16.6. The van der Waals surface area contributed by atoms with Crippen LogP contribution in [0.25, 0.3) is 0 Å². The Hall–Kier alpha value is -1.13. The molecule has 0 aromatic rings. The maximum Gasteiger partial charge on any atom is 0.267 e. The van der Waals surface area contributed by atoms with Crippen LogP contribution in [0.3, 0.4) is 0 Å². The van der Waals surface area contributed by atoms with Gasteiger partial charge in [0.05, 0.1) is 13.2 Å². The number of carbonyl (C=O) groups excluding carboxylic acids is 1. The fraction of sp³-hybridized carbons (Fsp3) is 0.846. The lowest BCUT2D eigenvalue weighted by molar-refractivity contribution is -0.837. The fourth-order valence-electron chi connectivity index (χ4n) is 4.80. The number of aliphatic hydroxyl groups excluding tert-OH is 2. The Morgan fingerprint density at radius 3 is 2.14 bits per heavy atom. The number of hydrogen-bond acceptors (Lipinski definition) is 6. The summed E-state index contributed by atoms with van der Waals surface area (Å²) in [7, 11) is -4.33. The number of nitrogens with zero attached hydrogens (tertiary/aromatic N) is 2. The Bertz CT molecular complexity index is 753. The predicted molar refractivity (Wildman–Crippen MR) is 141 cm³/mol. The first-order valence-corrected chi connectivity index (χ1v) is 15.2. The van der Waals surface area contributed by atoms with Gasteiger partial charge in [0.15, 0.2) is 0 Å². The molecule has 0 spiro atoms. The van der Waals surface area contributed by atoms with Crippen molar-refractivity contribution < 1.29 is 32.5 Å². The first-order chi connectivity index (χ1) is 16.7. The van der Waals surface area contributed by atoms with Crippen LogP contribution in [0.2, 0.25) is 0 Å². The number of aliphatic imine (C=N–C) groups is 1. The van der Waals surface area contributed by atoms with Crippen molar-refractivity contribution in [2.24, 2.45) is 4.99 Å². The average Bonchev–Trinajstić information content (AvgIpc) is 3.18. The van der Waals surface area contributed by atoms with Crippen LogP contribution < -0.4 is 0 Å². The zero-order valence-electron chi connectivity index (χ0n) is 21.7. The number of hydrogen-bond donors (Lipinski definition) is 3. The summed E-state index contributed by atoms with van der Waals surface area (Å²) in [5.41, 5.74) is 0. The lowest BCUT2D eigenvalue weighted by Gasteiger charge is -2.34. The molecule has 1 rings (SSSR count). The number of Topliss-reactive ketones (excluding diaryl/α,β-unsaturated/α-hetero) is 1. The van der Waals surface area contributed by atoms with Crippen molar-refractivity contribution in [1.29, 1.82) is 0 Å². The molecule has 0 bridgehead atoms. The number of ketones is 1. The molecule has 0 fully saturated rings. The molecule has 204 valence electrons. The second-order valence-corrected chi connectivity index (χ2v) is 11.4. The van der Waals surface area contributed by atoms with Crippen LogP contribution in [-0.2, 0) is 14.9 Å². The lowest BCUT2D eigenvalue weighted by Crippen LogP contribution is -2.59. The molecule has 0 saturated heterocycles. The van der Waals surface area contributed by atoms with Crippen LogP contribution in [0.5, 0.6) is 0 Å². The minimum absolute atomic E-state index is 0.0295.